The minimum atomic E-state index is -2.01. The summed E-state index contributed by atoms with van der Waals surface area (Å²) in [4.78, 5) is 14.8. The van der Waals surface area contributed by atoms with E-state index in [0.29, 0.717) is 18.4 Å². The van der Waals surface area contributed by atoms with E-state index < -0.39 is 18.2 Å². The van der Waals surface area contributed by atoms with Crippen LogP contribution in [0, 0.1) is 0 Å². The molecule has 0 aromatic heterocycles. The highest BCUT2D eigenvalue weighted by molar-refractivity contribution is 5.81. The van der Waals surface area contributed by atoms with Crippen molar-refractivity contribution in [2.45, 2.75) is 48.8 Å². The molecule has 4 rings (SSSR count). The van der Waals surface area contributed by atoms with Crippen LogP contribution >= 0.6 is 0 Å². The standard InChI is InChI=1S/C17H21NO5/c1-18-12-7-11(8-13(18)15-14(12)23-15)22-16(20)17(21,9-19)10-5-3-2-4-6-10/h2-6,11-15,19,21H,7-9H2,1H3/t11?,12-,13+,14+,15-,17-/m0/s1. The quantitative estimate of drug-likeness (QED) is 0.601. The van der Waals surface area contributed by atoms with E-state index >= 15 is 0 Å². The zero-order valence-electron chi connectivity index (χ0n) is 13.0. The van der Waals surface area contributed by atoms with Crippen LogP contribution < -0.4 is 0 Å². The smallest absolute Gasteiger partial charge is 0.345 e. The lowest BCUT2D eigenvalue weighted by Gasteiger charge is -2.38. The summed E-state index contributed by atoms with van der Waals surface area (Å²) in [5, 5.41) is 20.2. The molecule has 2 N–H and O–H groups in total. The molecule has 1 unspecified atom stereocenters. The second kappa shape index (κ2) is 5.27. The van der Waals surface area contributed by atoms with Crippen molar-refractivity contribution in [3.63, 3.8) is 0 Å². The van der Waals surface area contributed by atoms with E-state index in [0.717, 1.165) is 0 Å². The number of hydrogen-bond acceptors (Lipinski definition) is 6. The van der Waals surface area contributed by atoms with E-state index in [-0.39, 0.29) is 30.4 Å². The Bertz CT molecular complexity index is 590. The fraction of sp³-hybridized carbons (Fsp3) is 0.588. The molecule has 0 spiro atoms. The van der Waals surface area contributed by atoms with Crippen molar-refractivity contribution in [2.75, 3.05) is 13.7 Å². The van der Waals surface area contributed by atoms with E-state index in [1.165, 1.54) is 0 Å². The Morgan fingerprint density at radius 2 is 1.91 bits per heavy atom. The maximum Gasteiger partial charge on any atom is 0.345 e. The van der Waals surface area contributed by atoms with Gasteiger partial charge in [0.2, 0.25) is 5.60 Å². The molecule has 0 aliphatic carbocycles. The van der Waals surface area contributed by atoms with Gasteiger partial charge in [-0.1, -0.05) is 30.3 Å². The molecule has 3 fully saturated rings. The number of carbonyl (C=O) groups excluding carboxylic acids is 1. The lowest BCUT2D eigenvalue weighted by Crippen LogP contribution is -2.50. The lowest BCUT2D eigenvalue weighted by molar-refractivity contribution is -0.181. The van der Waals surface area contributed by atoms with Crippen LogP contribution in [0.15, 0.2) is 30.3 Å². The Hall–Kier alpha value is -1.47. The summed E-state index contributed by atoms with van der Waals surface area (Å²) in [6.45, 7) is -0.705. The van der Waals surface area contributed by atoms with Crippen molar-refractivity contribution < 1.29 is 24.5 Å². The number of aliphatic hydroxyl groups excluding tert-OH is 1. The summed E-state index contributed by atoms with van der Waals surface area (Å²) in [6, 6.07) is 8.98. The first kappa shape index (κ1) is 15.1. The fourth-order valence-corrected chi connectivity index (χ4v) is 4.03. The maximum atomic E-state index is 12.5. The summed E-state index contributed by atoms with van der Waals surface area (Å²) in [5.74, 6) is -0.783. The molecule has 6 atom stereocenters. The molecule has 1 aromatic carbocycles. The third kappa shape index (κ3) is 2.29. The molecule has 0 amide bonds. The molecule has 23 heavy (non-hydrogen) atoms. The van der Waals surface area contributed by atoms with Crippen molar-refractivity contribution in [1.82, 2.24) is 4.90 Å². The normalized spacial score (nSPS) is 37.8. The van der Waals surface area contributed by atoms with Crippen LogP contribution in [0.5, 0.6) is 0 Å². The largest absolute Gasteiger partial charge is 0.460 e. The number of fused-ring (bicyclic) bond motifs is 5. The van der Waals surface area contributed by atoms with E-state index in [1.54, 1.807) is 30.3 Å². The highest BCUT2D eigenvalue weighted by Gasteiger charge is 2.63. The van der Waals surface area contributed by atoms with Crippen molar-refractivity contribution in [3.05, 3.63) is 35.9 Å². The van der Waals surface area contributed by atoms with Crippen molar-refractivity contribution in [1.29, 1.82) is 0 Å². The first-order chi connectivity index (χ1) is 11.0. The summed E-state index contributed by atoms with van der Waals surface area (Å²) in [7, 11) is 2.08. The number of esters is 1. The Morgan fingerprint density at radius 3 is 2.48 bits per heavy atom. The third-order valence-corrected chi connectivity index (χ3v) is 5.47. The van der Waals surface area contributed by atoms with Gasteiger partial charge < -0.3 is 19.7 Å². The molecule has 3 heterocycles. The zero-order chi connectivity index (χ0) is 16.2. The number of likely N-dealkylation sites (N-methyl/N-ethyl adjacent to an activating group) is 1. The van der Waals surface area contributed by atoms with Crippen LogP contribution in [0.1, 0.15) is 18.4 Å². The molecule has 2 bridgehead atoms. The van der Waals surface area contributed by atoms with Gasteiger partial charge in [-0.25, -0.2) is 4.79 Å². The van der Waals surface area contributed by atoms with Gasteiger partial charge in [0, 0.05) is 24.9 Å². The molecular formula is C17H21NO5. The summed E-state index contributed by atoms with van der Waals surface area (Å²) in [6.07, 6.45) is 1.69. The lowest BCUT2D eigenvalue weighted by atomic mass is 9.94. The first-order valence-electron chi connectivity index (χ1n) is 8.02. The Labute approximate surface area is 134 Å². The van der Waals surface area contributed by atoms with Crippen LogP contribution in [-0.4, -0.2) is 65.1 Å². The highest BCUT2D eigenvalue weighted by Crippen LogP contribution is 2.48. The van der Waals surface area contributed by atoms with Gasteiger partial charge in [-0.2, -0.15) is 0 Å². The molecule has 124 valence electrons. The zero-order valence-corrected chi connectivity index (χ0v) is 13.0. The van der Waals surface area contributed by atoms with Crippen molar-refractivity contribution in [3.8, 4) is 0 Å². The third-order valence-electron chi connectivity index (χ3n) is 5.47. The first-order valence-corrected chi connectivity index (χ1v) is 8.02. The summed E-state index contributed by atoms with van der Waals surface area (Å²) in [5.41, 5.74) is -1.67. The van der Waals surface area contributed by atoms with Crippen molar-refractivity contribution >= 4 is 5.97 Å². The van der Waals surface area contributed by atoms with Gasteiger partial charge in [-0.3, -0.25) is 4.90 Å². The highest BCUT2D eigenvalue weighted by atomic mass is 16.6. The number of epoxide rings is 1. The van der Waals surface area contributed by atoms with E-state index in [1.807, 2.05) is 0 Å². The van der Waals surface area contributed by atoms with Crippen LogP contribution in [0.4, 0.5) is 0 Å². The van der Waals surface area contributed by atoms with Gasteiger partial charge in [0.25, 0.3) is 0 Å². The van der Waals surface area contributed by atoms with E-state index in [4.69, 9.17) is 9.47 Å². The number of ether oxygens (including phenoxy) is 2. The second-order valence-electron chi connectivity index (χ2n) is 6.75. The molecule has 3 aliphatic rings. The van der Waals surface area contributed by atoms with Gasteiger partial charge in [-0.15, -0.1) is 0 Å². The molecule has 3 saturated heterocycles. The Kier molecular flexibility index (Phi) is 3.46. The number of carbonyl (C=O) groups is 1. The number of nitrogens with zero attached hydrogens (tertiary/aromatic N) is 1. The number of morpholine rings is 1. The monoisotopic (exact) mass is 319 g/mol. The second-order valence-corrected chi connectivity index (χ2v) is 6.75. The fourth-order valence-electron chi connectivity index (χ4n) is 4.03. The minimum absolute atomic E-state index is 0.244. The topological polar surface area (TPSA) is 82.5 Å². The van der Waals surface area contributed by atoms with Crippen LogP contribution in [-0.2, 0) is 19.9 Å². The number of hydrogen-bond donors (Lipinski definition) is 2. The molecule has 3 aliphatic heterocycles. The Balaban J connectivity index is 1.47. The number of benzene rings is 1. The number of piperidine rings is 1. The van der Waals surface area contributed by atoms with Crippen LogP contribution in [0.25, 0.3) is 0 Å². The van der Waals surface area contributed by atoms with Gasteiger partial charge in [0.1, 0.15) is 18.3 Å². The number of aliphatic hydroxyl groups is 2. The van der Waals surface area contributed by atoms with E-state index in [2.05, 4.69) is 11.9 Å². The molecule has 0 saturated carbocycles. The summed E-state index contributed by atoms with van der Waals surface area (Å²) < 4.78 is 11.2. The minimum Gasteiger partial charge on any atom is -0.460 e. The van der Waals surface area contributed by atoms with Gasteiger partial charge in [0.05, 0.1) is 6.61 Å². The summed E-state index contributed by atoms with van der Waals surface area (Å²) >= 11 is 0. The van der Waals surface area contributed by atoms with Gasteiger partial charge >= 0.3 is 5.97 Å². The predicted molar refractivity (Wildman–Crippen MR) is 80.5 cm³/mol. The number of rotatable bonds is 4. The molecule has 1 aromatic rings. The molecule has 0 radical (unpaired) electrons. The molecular weight excluding hydrogens is 298 g/mol. The SMILES string of the molecule is CN1[C@@H]2CC(OC(=O)[C@](O)(CO)c3ccccc3)C[C@H]1[C@H]1O[C@H]12. The maximum absolute atomic E-state index is 12.5. The average molecular weight is 319 g/mol. The molecule has 6 heteroatoms. The van der Waals surface area contributed by atoms with Crippen LogP contribution in [0.2, 0.25) is 0 Å². The van der Waals surface area contributed by atoms with E-state index in [9.17, 15) is 15.0 Å². The van der Waals surface area contributed by atoms with Crippen LogP contribution in [0.3, 0.4) is 0 Å². The molecule has 6 nitrogen and oxygen atoms in total. The predicted octanol–water partition coefficient (Wildman–Crippen LogP) is 0.0221. The van der Waals surface area contributed by atoms with Gasteiger partial charge in [0.15, 0.2) is 0 Å². The van der Waals surface area contributed by atoms with Gasteiger partial charge in [-0.05, 0) is 12.6 Å². The Morgan fingerprint density at radius 1 is 1.30 bits per heavy atom. The van der Waals surface area contributed by atoms with Crippen molar-refractivity contribution in [2.24, 2.45) is 0 Å². The average Bonchev–Trinajstić information content (AvgIpc) is 3.33.